The molecule has 57 heavy (non-hydrogen) atoms. The Balaban J connectivity index is 1.07. The van der Waals surface area contributed by atoms with E-state index in [1.54, 1.807) is 0 Å². The van der Waals surface area contributed by atoms with E-state index in [1.807, 2.05) is 72.8 Å². The summed E-state index contributed by atoms with van der Waals surface area (Å²) < 4.78 is 40.7. The molecular formula is C48H26B2O6Si. The number of hydrogen-bond acceptors (Lipinski definition) is 6. The number of benzene rings is 8. The van der Waals surface area contributed by atoms with Crippen LogP contribution in [0.25, 0.3) is 0 Å². The predicted molar refractivity (Wildman–Crippen MR) is 226 cm³/mol. The smallest absolute Gasteiger partial charge is 0.270 e. The standard InChI is InChI=1S/C48H26B2O6Si/c1-3-11-27(12-4-1)57(28-13-5-2-6-14-28,29-23-39-47-40(24-29)54-36-20-8-16-32-44(36)49(47)43-31(51-32)15-7-19-35(43)53-39)30-25-41-48-42(26-30)56-38-22-10-18-34-46(38)50(48)45-33(52-34)17-9-21-37(45)55-41/h1-26H. The van der Waals surface area contributed by atoms with Gasteiger partial charge in [-0.15, -0.1) is 0 Å². The lowest BCUT2D eigenvalue weighted by Crippen LogP contribution is -2.75. The molecule has 0 N–H and O–H groups in total. The molecule has 14 rings (SSSR count). The minimum atomic E-state index is -3.24. The summed E-state index contributed by atoms with van der Waals surface area (Å²) >= 11 is 0. The van der Waals surface area contributed by atoms with Gasteiger partial charge in [-0.1, -0.05) is 84.9 Å². The first kappa shape index (κ1) is 30.2. The molecule has 8 aromatic carbocycles. The summed E-state index contributed by atoms with van der Waals surface area (Å²) in [6.07, 6.45) is 0. The van der Waals surface area contributed by atoms with Crippen LogP contribution in [-0.4, -0.2) is 21.5 Å². The fourth-order valence-corrected chi connectivity index (χ4v) is 15.2. The van der Waals surface area contributed by atoms with E-state index in [2.05, 4.69) is 84.9 Å². The third-order valence-electron chi connectivity index (χ3n) is 12.6. The lowest BCUT2D eigenvalue weighted by Gasteiger charge is -2.41. The average Bonchev–Trinajstić information content (AvgIpc) is 3.25. The summed E-state index contributed by atoms with van der Waals surface area (Å²) in [5, 5.41) is 4.66. The van der Waals surface area contributed by atoms with Crippen LogP contribution in [0.5, 0.6) is 69.0 Å². The van der Waals surface area contributed by atoms with Crippen LogP contribution in [0, 0.1) is 0 Å². The van der Waals surface area contributed by atoms with Gasteiger partial charge in [0.05, 0.1) is 0 Å². The molecule has 0 unspecified atom stereocenters. The fourth-order valence-electron chi connectivity index (χ4n) is 10.4. The number of hydrogen-bond donors (Lipinski definition) is 0. The highest BCUT2D eigenvalue weighted by Crippen LogP contribution is 2.43. The third-order valence-corrected chi connectivity index (χ3v) is 17.4. The molecule has 0 aromatic heterocycles. The Bertz CT molecular complexity index is 2750. The minimum Gasteiger partial charge on any atom is -0.458 e. The lowest BCUT2D eigenvalue weighted by molar-refractivity contribution is 0.442. The minimum absolute atomic E-state index is 0.0772. The van der Waals surface area contributed by atoms with Crippen LogP contribution in [0.1, 0.15) is 0 Å². The molecular weight excluding hydrogens is 722 g/mol. The SMILES string of the molecule is c1ccc([Si](c2ccccc2)(c2cc3c4c(c2)Oc2cccc5c2B4c2c(cccc2O3)O5)c2cc3c4c(c2)Oc2cccc5c2B4c2c(cccc2O3)O5)cc1. The zero-order chi connectivity index (χ0) is 37.0. The van der Waals surface area contributed by atoms with E-state index in [-0.39, 0.29) is 13.4 Å². The van der Waals surface area contributed by atoms with E-state index in [0.29, 0.717) is 0 Å². The highest BCUT2D eigenvalue weighted by Gasteiger charge is 2.51. The molecule has 0 bridgehead atoms. The zero-order valence-electron chi connectivity index (χ0n) is 30.1. The van der Waals surface area contributed by atoms with Crippen LogP contribution in [0.3, 0.4) is 0 Å². The molecule has 6 heterocycles. The molecule has 0 saturated heterocycles. The van der Waals surface area contributed by atoms with E-state index < -0.39 is 8.07 Å². The van der Waals surface area contributed by atoms with Crippen LogP contribution in [-0.2, 0) is 0 Å². The quantitative estimate of drug-likeness (QED) is 0.192. The van der Waals surface area contributed by atoms with Crippen molar-refractivity contribution in [2.75, 3.05) is 0 Å². The first-order chi connectivity index (χ1) is 28.2. The second kappa shape index (κ2) is 10.6. The van der Waals surface area contributed by atoms with Gasteiger partial charge < -0.3 is 28.4 Å². The second-order valence-corrected chi connectivity index (χ2v) is 19.2. The van der Waals surface area contributed by atoms with E-state index in [1.165, 1.54) is 10.4 Å². The van der Waals surface area contributed by atoms with Crippen molar-refractivity contribution in [3.8, 4) is 69.0 Å². The van der Waals surface area contributed by atoms with Crippen molar-refractivity contribution >= 4 is 75.0 Å². The van der Waals surface area contributed by atoms with E-state index in [9.17, 15) is 0 Å². The van der Waals surface area contributed by atoms with Gasteiger partial charge in [0.1, 0.15) is 69.0 Å². The molecule has 6 aliphatic heterocycles. The largest absolute Gasteiger partial charge is 0.458 e. The molecule has 0 radical (unpaired) electrons. The summed E-state index contributed by atoms with van der Waals surface area (Å²) in [7, 11) is -3.24. The Morgan fingerprint density at radius 1 is 0.246 bits per heavy atom. The third kappa shape index (κ3) is 3.77. The summed E-state index contributed by atoms with van der Waals surface area (Å²) in [6.45, 7) is -0.154. The second-order valence-electron chi connectivity index (χ2n) is 15.4. The van der Waals surface area contributed by atoms with Crippen LogP contribution in [0.4, 0.5) is 0 Å². The van der Waals surface area contributed by atoms with Gasteiger partial charge in [0.25, 0.3) is 13.4 Å². The van der Waals surface area contributed by atoms with Gasteiger partial charge in [-0.2, -0.15) is 0 Å². The van der Waals surface area contributed by atoms with E-state index in [0.717, 1.165) is 112 Å². The van der Waals surface area contributed by atoms with Crippen LogP contribution in [0.15, 0.2) is 158 Å². The Morgan fingerprint density at radius 3 is 0.772 bits per heavy atom. The topological polar surface area (TPSA) is 55.4 Å². The average molecular weight is 748 g/mol. The highest BCUT2D eigenvalue weighted by atomic mass is 28.3. The molecule has 6 nitrogen and oxygen atoms in total. The zero-order valence-corrected chi connectivity index (χ0v) is 31.1. The van der Waals surface area contributed by atoms with Gasteiger partial charge in [-0.3, -0.25) is 0 Å². The maximum absolute atomic E-state index is 6.95. The summed E-state index contributed by atoms with van der Waals surface area (Å²) in [6, 6.07) is 55.2. The molecule has 0 spiro atoms. The maximum atomic E-state index is 6.95. The summed E-state index contributed by atoms with van der Waals surface area (Å²) in [5.74, 6) is 9.64. The van der Waals surface area contributed by atoms with Crippen molar-refractivity contribution in [1.29, 1.82) is 0 Å². The van der Waals surface area contributed by atoms with Crippen molar-refractivity contribution in [1.82, 2.24) is 0 Å². The number of ether oxygens (including phenoxy) is 6. The predicted octanol–water partition coefficient (Wildman–Crippen LogP) is 4.73. The monoisotopic (exact) mass is 748 g/mol. The van der Waals surface area contributed by atoms with Gasteiger partial charge in [0.15, 0.2) is 8.07 Å². The highest BCUT2D eigenvalue weighted by molar-refractivity contribution is 7.20. The molecule has 264 valence electrons. The molecule has 9 heteroatoms. The van der Waals surface area contributed by atoms with Crippen molar-refractivity contribution in [2.24, 2.45) is 0 Å². The van der Waals surface area contributed by atoms with Gasteiger partial charge in [0.2, 0.25) is 0 Å². The Morgan fingerprint density at radius 2 is 0.491 bits per heavy atom. The Kier molecular flexibility index (Phi) is 5.61. The molecule has 0 atom stereocenters. The fraction of sp³-hybridized carbons (Fsp3) is 0. The van der Waals surface area contributed by atoms with Gasteiger partial charge in [-0.25, -0.2) is 0 Å². The van der Waals surface area contributed by atoms with Gasteiger partial charge in [0, 0.05) is 32.8 Å². The maximum Gasteiger partial charge on any atom is 0.270 e. The Hall–Kier alpha value is -7.09. The van der Waals surface area contributed by atoms with Crippen molar-refractivity contribution in [2.45, 2.75) is 0 Å². The van der Waals surface area contributed by atoms with Crippen LogP contribution < -0.4 is 81.9 Å². The van der Waals surface area contributed by atoms with Crippen LogP contribution >= 0.6 is 0 Å². The van der Waals surface area contributed by atoms with Crippen molar-refractivity contribution in [3.05, 3.63) is 158 Å². The summed E-state index contributed by atoms with van der Waals surface area (Å²) in [4.78, 5) is 0. The molecule has 0 aliphatic carbocycles. The first-order valence-electron chi connectivity index (χ1n) is 19.3. The molecule has 6 aliphatic rings. The van der Waals surface area contributed by atoms with Crippen LogP contribution in [0.2, 0.25) is 0 Å². The molecule has 0 saturated carbocycles. The molecule has 0 amide bonds. The normalized spacial score (nSPS) is 14.4. The lowest BCUT2D eigenvalue weighted by atomic mass is 9.34. The molecule has 0 fully saturated rings. The summed E-state index contributed by atoms with van der Waals surface area (Å²) in [5.41, 5.74) is 6.22. The van der Waals surface area contributed by atoms with Gasteiger partial charge >= 0.3 is 0 Å². The molecule has 8 aromatic rings. The van der Waals surface area contributed by atoms with Crippen molar-refractivity contribution in [3.63, 3.8) is 0 Å². The van der Waals surface area contributed by atoms with Gasteiger partial charge in [-0.05, 0) is 93.5 Å². The van der Waals surface area contributed by atoms with E-state index in [4.69, 9.17) is 28.4 Å². The number of rotatable bonds is 4. The van der Waals surface area contributed by atoms with Crippen molar-refractivity contribution < 1.29 is 28.4 Å². The Labute approximate surface area is 329 Å². The van der Waals surface area contributed by atoms with E-state index >= 15 is 0 Å². The first-order valence-corrected chi connectivity index (χ1v) is 21.3.